The Morgan fingerprint density at radius 3 is 3.03 bits per heavy atom. The maximum Gasteiger partial charge on any atom is 0.264 e. The van der Waals surface area contributed by atoms with Gasteiger partial charge in [0.15, 0.2) is 0 Å². The summed E-state index contributed by atoms with van der Waals surface area (Å²) in [5, 5.41) is 27.6. The van der Waals surface area contributed by atoms with E-state index in [1.807, 2.05) is 24.4 Å². The van der Waals surface area contributed by atoms with Gasteiger partial charge in [0.1, 0.15) is 11.1 Å². The van der Waals surface area contributed by atoms with Crippen LogP contribution in [0.5, 0.6) is 0 Å². The molecule has 12 heteroatoms. The van der Waals surface area contributed by atoms with Crippen molar-refractivity contribution in [3.05, 3.63) is 38.4 Å². The molecule has 1 aliphatic rings. The van der Waals surface area contributed by atoms with Crippen LogP contribution in [-0.2, 0) is 17.6 Å². The molecule has 9 nitrogen and oxygen atoms in total. The van der Waals surface area contributed by atoms with Gasteiger partial charge >= 0.3 is 0 Å². The second-order valence-corrected chi connectivity index (χ2v) is 9.82. The predicted molar refractivity (Wildman–Crippen MR) is 125 cm³/mol. The molecule has 4 rings (SSSR count). The molecule has 0 atom stereocenters. The average molecular weight is 473 g/mol. The summed E-state index contributed by atoms with van der Waals surface area (Å²) in [7, 11) is 0. The van der Waals surface area contributed by atoms with Crippen LogP contribution >= 0.6 is 34.4 Å². The lowest BCUT2D eigenvalue weighted by Crippen LogP contribution is -2.17. The molecule has 4 N–H and O–H groups in total. The number of amides is 1. The summed E-state index contributed by atoms with van der Waals surface area (Å²) in [5.74, 6) is 6.18. The topological polar surface area (TPSA) is 134 Å². The fourth-order valence-corrected chi connectivity index (χ4v) is 5.78. The van der Waals surface area contributed by atoms with Crippen molar-refractivity contribution in [2.45, 2.75) is 37.8 Å². The summed E-state index contributed by atoms with van der Waals surface area (Å²) in [5.41, 5.74) is 5.30. The Morgan fingerprint density at radius 1 is 1.42 bits per heavy atom. The number of hydrogen-bond acceptors (Lipinski definition) is 10. The standard InChI is InChI=1S/C19H20N8OS3/c1-11(14-7-4-8-29-14)23-24-18-25-26-19(27(18)21)30-10-16(28)22-17-13(9-20)12-5-2-3-6-15(12)31-17/h4,7-8H,2-3,5-6,10,21H2,1H3,(H,22,28)(H,24,25)/b23-11+. The first kappa shape index (κ1) is 21.4. The lowest BCUT2D eigenvalue weighted by molar-refractivity contribution is -0.113. The number of rotatable bonds is 7. The number of carbonyl (C=O) groups is 1. The molecule has 0 saturated heterocycles. The second-order valence-electron chi connectivity index (χ2n) is 6.83. The molecule has 0 fully saturated rings. The van der Waals surface area contributed by atoms with Crippen molar-refractivity contribution in [1.82, 2.24) is 14.9 Å². The van der Waals surface area contributed by atoms with Crippen molar-refractivity contribution < 1.29 is 4.79 Å². The van der Waals surface area contributed by atoms with Crippen LogP contribution in [0.2, 0.25) is 0 Å². The summed E-state index contributed by atoms with van der Waals surface area (Å²) in [6.45, 7) is 1.88. The molecular formula is C19H20N8OS3. The van der Waals surface area contributed by atoms with Gasteiger partial charge in [-0.1, -0.05) is 17.8 Å². The maximum atomic E-state index is 12.5. The molecule has 160 valence electrons. The van der Waals surface area contributed by atoms with Crippen molar-refractivity contribution in [3.8, 4) is 6.07 Å². The summed E-state index contributed by atoms with van der Waals surface area (Å²) in [4.78, 5) is 14.7. The Balaban J connectivity index is 1.36. The number of nitrogens with zero attached hydrogens (tertiary/aromatic N) is 5. The Hall–Kier alpha value is -2.88. The van der Waals surface area contributed by atoms with E-state index in [1.165, 1.54) is 20.9 Å². The highest BCUT2D eigenvalue weighted by molar-refractivity contribution is 7.99. The van der Waals surface area contributed by atoms with E-state index < -0.39 is 0 Å². The van der Waals surface area contributed by atoms with E-state index in [4.69, 9.17) is 5.84 Å². The molecule has 1 aliphatic carbocycles. The number of nitrogens with two attached hydrogens (primary N) is 1. The first-order chi connectivity index (χ1) is 15.1. The largest absolute Gasteiger partial charge is 0.334 e. The molecule has 3 aromatic rings. The van der Waals surface area contributed by atoms with E-state index in [0.29, 0.717) is 15.7 Å². The third-order valence-electron chi connectivity index (χ3n) is 4.73. The highest BCUT2D eigenvalue weighted by Gasteiger charge is 2.22. The van der Waals surface area contributed by atoms with Gasteiger partial charge in [-0.2, -0.15) is 10.4 Å². The fraction of sp³-hybridized carbons (Fsp3) is 0.316. The molecule has 3 aromatic heterocycles. The monoisotopic (exact) mass is 472 g/mol. The molecule has 0 saturated carbocycles. The number of thioether (sulfide) groups is 1. The van der Waals surface area contributed by atoms with Gasteiger partial charge in [0.25, 0.3) is 5.95 Å². The third-order valence-corrected chi connectivity index (χ3v) is 7.86. The minimum atomic E-state index is -0.218. The minimum Gasteiger partial charge on any atom is -0.334 e. The highest BCUT2D eigenvalue weighted by atomic mass is 32.2. The normalized spacial score (nSPS) is 13.5. The number of anilines is 2. The fourth-order valence-electron chi connectivity index (χ4n) is 3.19. The summed E-state index contributed by atoms with van der Waals surface area (Å²) in [6, 6.07) is 6.18. The van der Waals surface area contributed by atoms with Gasteiger partial charge in [-0.3, -0.25) is 4.79 Å². The van der Waals surface area contributed by atoms with E-state index in [-0.39, 0.29) is 17.6 Å². The quantitative estimate of drug-likeness (QED) is 0.207. The Morgan fingerprint density at radius 2 is 2.26 bits per heavy atom. The molecule has 0 aliphatic heterocycles. The lowest BCUT2D eigenvalue weighted by atomic mass is 9.96. The average Bonchev–Trinajstić information content (AvgIpc) is 3.50. The van der Waals surface area contributed by atoms with Gasteiger partial charge in [-0.05, 0) is 49.6 Å². The number of aromatic nitrogens is 3. The molecular weight excluding hydrogens is 452 g/mol. The smallest absolute Gasteiger partial charge is 0.264 e. The number of nitriles is 1. The number of hydrogen-bond donors (Lipinski definition) is 3. The number of nitrogen functional groups attached to an aromatic ring is 1. The van der Waals surface area contributed by atoms with E-state index in [1.54, 1.807) is 11.3 Å². The molecule has 31 heavy (non-hydrogen) atoms. The number of carbonyl (C=O) groups excluding carboxylic acids is 1. The van der Waals surface area contributed by atoms with Gasteiger partial charge in [-0.25, -0.2) is 10.1 Å². The zero-order valence-corrected chi connectivity index (χ0v) is 19.2. The van der Waals surface area contributed by atoms with Crippen LogP contribution in [0.25, 0.3) is 0 Å². The van der Waals surface area contributed by atoms with E-state index in [9.17, 15) is 10.1 Å². The second kappa shape index (κ2) is 9.51. The molecule has 0 radical (unpaired) electrons. The minimum absolute atomic E-state index is 0.0975. The summed E-state index contributed by atoms with van der Waals surface area (Å²) < 4.78 is 1.26. The summed E-state index contributed by atoms with van der Waals surface area (Å²) in [6.07, 6.45) is 4.09. The van der Waals surface area contributed by atoms with Gasteiger partial charge in [0.2, 0.25) is 11.1 Å². The van der Waals surface area contributed by atoms with Crippen LogP contribution in [0.15, 0.2) is 27.8 Å². The van der Waals surface area contributed by atoms with Crippen molar-refractivity contribution in [3.63, 3.8) is 0 Å². The predicted octanol–water partition coefficient (Wildman–Crippen LogP) is 3.43. The van der Waals surface area contributed by atoms with Crippen LogP contribution in [0.1, 0.15) is 40.6 Å². The van der Waals surface area contributed by atoms with E-state index in [2.05, 4.69) is 32.1 Å². The van der Waals surface area contributed by atoms with Crippen molar-refractivity contribution in [2.24, 2.45) is 5.10 Å². The van der Waals surface area contributed by atoms with Crippen molar-refractivity contribution in [2.75, 3.05) is 22.3 Å². The van der Waals surface area contributed by atoms with Crippen molar-refractivity contribution in [1.29, 1.82) is 5.26 Å². The van der Waals surface area contributed by atoms with Crippen LogP contribution < -0.4 is 16.6 Å². The van der Waals surface area contributed by atoms with Gasteiger partial charge < -0.3 is 11.2 Å². The SMILES string of the molecule is C/C(=N\Nc1nnc(SCC(=O)Nc2sc3c(c2C#N)CCCC3)n1N)c1cccs1. The first-order valence-electron chi connectivity index (χ1n) is 9.58. The molecule has 0 unspecified atom stereocenters. The highest BCUT2D eigenvalue weighted by Crippen LogP contribution is 2.37. The Labute approximate surface area is 191 Å². The van der Waals surface area contributed by atoms with Crippen molar-refractivity contribution >= 4 is 57.0 Å². The van der Waals surface area contributed by atoms with E-state index >= 15 is 0 Å². The van der Waals surface area contributed by atoms with Crippen LogP contribution in [0, 0.1) is 11.3 Å². The van der Waals surface area contributed by atoms with Gasteiger partial charge in [0.05, 0.1) is 17.0 Å². The van der Waals surface area contributed by atoms with E-state index in [0.717, 1.165) is 53.6 Å². The first-order valence-corrected chi connectivity index (χ1v) is 12.3. The Bertz CT molecular complexity index is 1160. The van der Waals surface area contributed by atoms with Crippen LogP contribution in [0.4, 0.5) is 10.9 Å². The lowest BCUT2D eigenvalue weighted by Gasteiger charge is -2.09. The zero-order valence-electron chi connectivity index (χ0n) is 16.7. The number of thiophene rings is 2. The number of aryl methyl sites for hydroxylation is 1. The zero-order chi connectivity index (χ0) is 21.8. The number of fused-ring (bicyclic) bond motifs is 1. The van der Waals surface area contributed by atoms with Gasteiger partial charge in [-0.15, -0.1) is 32.9 Å². The molecule has 1 amide bonds. The molecule has 0 spiro atoms. The molecule has 3 heterocycles. The number of hydrazone groups is 1. The maximum absolute atomic E-state index is 12.5. The molecule has 0 bridgehead atoms. The van der Waals surface area contributed by atoms with Crippen LogP contribution in [-0.4, -0.2) is 32.2 Å². The molecule has 0 aromatic carbocycles. The van der Waals surface area contributed by atoms with Crippen LogP contribution in [0.3, 0.4) is 0 Å². The third kappa shape index (κ3) is 4.73. The Kier molecular flexibility index (Phi) is 6.55. The summed E-state index contributed by atoms with van der Waals surface area (Å²) >= 11 is 4.26. The number of nitrogens with one attached hydrogen (secondary N) is 2. The van der Waals surface area contributed by atoms with Gasteiger partial charge in [0, 0.05) is 9.75 Å².